The highest BCUT2D eigenvalue weighted by atomic mass is 79.9. The summed E-state index contributed by atoms with van der Waals surface area (Å²) in [5.41, 5.74) is 5.84. The van der Waals surface area contributed by atoms with E-state index in [0.29, 0.717) is 43.7 Å². The number of piperazine rings is 1. The smallest absolute Gasteiger partial charge is 0.254 e. The zero-order valence-corrected chi connectivity index (χ0v) is 41.9. The van der Waals surface area contributed by atoms with Gasteiger partial charge in [-0.1, -0.05) is 66.2 Å². The van der Waals surface area contributed by atoms with Gasteiger partial charge in [0.25, 0.3) is 5.88 Å². The normalized spacial score (nSPS) is 17.1. The van der Waals surface area contributed by atoms with Crippen LogP contribution in [0.3, 0.4) is 0 Å². The van der Waals surface area contributed by atoms with Gasteiger partial charge in [-0.25, -0.2) is 4.98 Å². The second-order valence-electron chi connectivity index (χ2n) is 17.8. The van der Waals surface area contributed by atoms with Crippen LogP contribution in [0, 0.1) is 12.8 Å². The lowest BCUT2D eigenvalue weighted by molar-refractivity contribution is -0.141. The third-order valence-electron chi connectivity index (χ3n) is 12.6. The largest absolute Gasteiger partial charge is 0.508 e. The van der Waals surface area contributed by atoms with Crippen molar-refractivity contribution in [3.8, 4) is 49.8 Å². The minimum atomic E-state index is -0.815. The highest BCUT2D eigenvalue weighted by Crippen LogP contribution is 2.47. The molecular weight excluding hydrogens is 981 g/mol. The molecule has 0 aliphatic carbocycles. The van der Waals surface area contributed by atoms with Crippen molar-refractivity contribution in [1.82, 2.24) is 30.2 Å². The van der Waals surface area contributed by atoms with Gasteiger partial charge in [0.2, 0.25) is 11.8 Å². The summed E-state index contributed by atoms with van der Waals surface area (Å²) < 4.78 is 26.3. The Morgan fingerprint density at radius 1 is 0.870 bits per heavy atom. The summed E-state index contributed by atoms with van der Waals surface area (Å²) in [5.74, 6) is 1.62. The summed E-state index contributed by atoms with van der Waals surface area (Å²) >= 11 is 6.70. The molecule has 2 fully saturated rings. The summed E-state index contributed by atoms with van der Waals surface area (Å²) in [6.07, 6.45) is -0.659. The van der Waals surface area contributed by atoms with Crippen molar-refractivity contribution in [2.75, 3.05) is 59.0 Å². The molecule has 3 N–H and O–H groups in total. The quantitative estimate of drug-likeness (QED) is 0.0748. The molecule has 3 atom stereocenters. The van der Waals surface area contributed by atoms with Gasteiger partial charge in [0.15, 0.2) is 11.5 Å². The number of nitrogens with zero attached hydrogens (tertiary/aromatic N) is 5. The number of aliphatic hydroxyl groups is 1. The van der Waals surface area contributed by atoms with E-state index in [2.05, 4.69) is 53.3 Å². The molecule has 2 saturated heterocycles. The number of ether oxygens (including phenoxy) is 3. The zero-order chi connectivity index (χ0) is 48.0. The summed E-state index contributed by atoms with van der Waals surface area (Å²) in [5, 5.41) is 28.8. The number of carbonyl (C=O) groups excluding carboxylic acids is 2. The van der Waals surface area contributed by atoms with E-state index in [1.54, 1.807) is 40.9 Å². The summed E-state index contributed by atoms with van der Waals surface area (Å²) in [6, 6.07) is 30.0. The summed E-state index contributed by atoms with van der Waals surface area (Å²) in [4.78, 5) is 40.3. The number of fused-ring (bicyclic) bond motifs is 1. The molecule has 17 heteroatoms. The van der Waals surface area contributed by atoms with Gasteiger partial charge in [0.1, 0.15) is 42.4 Å². The highest BCUT2D eigenvalue weighted by molar-refractivity contribution is 9.10. The standard InChI is InChI=1S/C52H55BrN6O8S2/c1-32(2)47(52(63)59-30-39(61)26-43(59)51(62)54-29-34-4-6-35(7-5-34)49-33(3)55-31-68-49)44-28-46(56-67-44)65-25-23-58-20-18-57(19-21-58)22-24-64-40-13-15-41(16-14-40)66-48-42-17-12-38(60)27-45(42)69-50(48)36-8-10-37(53)11-9-36/h4-17,27-28,31-32,39,43,47,60-61H,18-26,29-30H2,1-3H3,(H,54,62)/t39-,43+,47?/m1/s1. The van der Waals surface area contributed by atoms with Gasteiger partial charge < -0.3 is 39.2 Å². The van der Waals surface area contributed by atoms with Crippen LogP contribution in [-0.4, -0.2) is 118 Å². The number of hydrogen-bond donors (Lipinski definition) is 3. The molecule has 14 nitrogen and oxygen atoms in total. The van der Waals surface area contributed by atoms with Gasteiger partial charge in [0, 0.05) is 79.4 Å². The van der Waals surface area contributed by atoms with Crippen molar-refractivity contribution in [2.45, 2.75) is 51.8 Å². The van der Waals surface area contributed by atoms with E-state index in [4.69, 9.17) is 18.7 Å². The monoisotopic (exact) mass is 1030 g/mol. The maximum absolute atomic E-state index is 14.1. The number of likely N-dealkylation sites (tertiary alicyclic amines) is 1. The third-order valence-corrected chi connectivity index (χ3v) is 15.3. The van der Waals surface area contributed by atoms with Crippen molar-refractivity contribution < 1.29 is 38.5 Å². The number of nitrogens with one attached hydrogen (secondary N) is 1. The van der Waals surface area contributed by atoms with Crippen LogP contribution in [-0.2, 0) is 16.1 Å². The van der Waals surface area contributed by atoms with Crippen molar-refractivity contribution in [3.63, 3.8) is 0 Å². The van der Waals surface area contributed by atoms with Crippen LogP contribution < -0.4 is 19.5 Å². The number of aliphatic hydroxyl groups excluding tert-OH is 1. The van der Waals surface area contributed by atoms with Crippen LogP contribution in [0.25, 0.3) is 31.0 Å². The Labute approximate surface area is 417 Å². The first-order chi connectivity index (χ1) is 33.4. The predicted molar refractivity (Wildman–Crippen MR) is 271 cm³/mol. The first kappa shape index (κ1) is 48.2. The van der Waals surface area contributed by atoms with Crippen LogP contribution in [0.15, 0.2) is 112 Å². The molecule has 360 valence electrons. The van der Waals surface area contributed by atoms with Gasteiger partial charge in [-0.15, -0.1) is 22.7 Å². The Morgan fingerprint density at radius 3 is 2.22 bits per heavy atom. The minimum absolute atomic E-state index is 0.0591. The highest BCUT2D eigenvalue weighted by Gasteiger charge is 2.43. The zero-order valence-electron chi connectivity index (χ0n) is 38.7. The molecule has 2 aliphatic heterocycles. The van der Waals surface area contributed by atoms with Crippen molar-refractivity contribution in [1.29, 1.82) is 0 Å². The number of benzene rings is 4. The molecule has 2 amide bonds. The van der Waals surface area contributed by atoms with Gasteiger partial charge in [-0.3, -0.25) is 19.4 Å². The molecule has 0 bridgehead atoms. The molecule has 5 heterocycles. The van der Waals surface area contributed by atoms with Crippen LogP contribution in [0.1, 0.15) is 43.2 Å². The summed E-state index contributed by atoms with van der Waals surface area (Å²) in [7, 11) is 0. The minimum Gasteiger partial charge on any atom is -0.508 e. The van der Waals surface area contributed by atoms with Crippen molar-refractivity contribution in [2.24, 2.45) is 5.92 Å². The number of hydrogen-bond acceptors (Lipinski definition) is 14. The molecule has 3 aromatic heterocycles. The summed E-state index contributed by atoms with van der Waals surface area (Å²) in [6.45, 7) is 12.2. The Hall–Kier alpha value is -5.82. The number of rotatable bonds is 18. The molecular formula is C52H55BrN6O8S2. The lowest BCUT2D eigenvalue weighted by Crippen LogP contribution is -2.48. The molecule has 4 aromatic carbocycles. The number of phenols is 1. The van der Waals surface area contributed by atoms with Gasteiger partial charge in [-0.2, -0.15) is 0 Å². The number of amides is 2. The first-order valence-corrected chi connectivity index (χ1v) is 25.7. The average molecular weight is 1040 g/mol. The van der Waals surface area contributed by atoms with Crippen LogP contribution in [0.5, 0.6) is 28.9 Å². The van der Waals surface area contributed by atoms with Gasteiger partial charge in [0.05, 0.1) is 27.1 Å². The number of aromatic nitrogens is 2. The van der Waals surface area contributed by atoms with Crippen LogP contribution in [0.2, 0.25) is 0 Å². The maximum atomic E-state index is 14.1. The fourth-order valence-electron chi connectivity index (χ4n) is 8.85. The van der Waals surface area contributed by atoms with E-state index < -0.39 is 18.1 Å². The number of thiazole rings is 1. The fourth-order valence-corrected chi connectivity index (χ4v) is 11.1. The van der Waals surface area contributed by atoms with Crippen LogP contribution >= 0.6 is 38.6 Å². The molecule has 0 saturated carbocycles. The number of aryl methyl sites for hydroxylation is 1. The first-order valence-electron chi connectivity index (χ1n) is 23.2. The molecule has 69 heavy (non-hydrogen) atoms. The van der Waals surface area contributed by atoms with E-state index in [9.17, 15) is 19.8 Å². The van der Waals surface area contributed by atoms with E-state index in [1.165, 1.54) is 4.90 Å². The van der Waals surface area contributed by atoms with Crippen molar-refractivity contribution in [3.05, 3.63) is 124 Å². The molecule has 7 aromatic rings. The number of carbonyl (C=O) groups is 2. The number of halogens is 1. The third kappa shape index (κ3) is 11.6. The number of thiophene rings is 1. The lowest BCUT2D eigenvalue weighted by Gasteiger charge is -2.34. The molecule has 9 rings (SSSR count). The lowest BCUT2D eigenvalue weighted by atomic mass is 9.91. The molecule has 0 radical (unpaired) electrons. The van der Waals surface area contributed by atoms with E-state index in [1.807, 2.05) is 93.0 Å². The number of aromatic hydroxyl groups is 1. The predicted octanol–water partition coefficient (Wildman–Crippen LogP) is 9.34. The Morgan fingerprint density at radius 2 is 1.54 bits per heavy atom. The molecule has 0 spiro atoms. The number of phenolic OH excluding ortho intramolecular Hbond substituents is 1. The van der Waals surface area contributed by atoms with Gasteiger partial charge >= 0.3 is 0 Å². The SMILES string of the molecule is Cc1ncsc1-c1ccc(CNC(=O)[C@@H]2C[C@@H](O)CN2C(=O)C(c2cc(OCCN3CCN(CCOc4ccc(Oc5c(-c6ccc(Br)cc6)sc6cc(O)ccc56)cc4)CC3)no2)C(C)C)cc1. The molecule has 2 aliphatic rings. The van der Waals surface area contributed by atoms with E-state index in [0.717, 1.165) is 90.9 Å². The Kier molecular flexibility index (Phi) is 15.3. The Bertz CT molecular complexity index is 2840. The Balaban J connectivity index is 0.702. The topological polar surface area (TPSA) is 163 Å². The van der Waals surface area contributed by atoms with E-state index in [-0.39, 0.29) is 36.4 Å². The van der Waals surface area contributed by atoms with Crippen LogP contribution in [0.4, 0.5) is 0 Å². The van der Waals surface area contributed by atoms with Crippen molar-refractivity contribution >= 4 is 60.5 Å². The van der Waals surface area contributed by atoms with E-state index >= 15 is 0 Å². The number of β-amino-alcohol motifs (C(OH)–C–C–N with tert-alkyl or cyclic N) is 1. The maximum Gasteiger partial charge on any atom is 0.254 e. The van der Waals surface area contributed by atoms with Gasteiger partial charge in [-0.05, 0) is 89.3 Å². The fraction of sp³-hybridized carbons (Fsp3) is 0.346. The molecule has 1 unspecified atom stereocenters. The second-order valence-corrected chi connectivity index (χ2v) is 20.6. The second kappa shape index (κ2) is 21.9. The average Bonchev–Trinajstić information content (AvgIpc) is 4.16.